The molecule has 25 heavy (non-hydrogen) atoms. The van der Waals surface area contributed by atoms with Crippen molar-refractivity contribution in [2.45, 2.75) is 33.6 Å². The first-order valence-corrected chi connectivity index (χ1v) is 8.64. The fourth-order valence-electron chi connectivity index (χ4n) is 2.53. The quantitative estimate of drug-likeness (QED) is 0.728. The minimum absolute atomic E-state index is 0.0778. The molecule has 0 radical (unpaired) electrons. The SMILES string of the molecule is CC(=O)Nc1nc2ccc(NC(=O)CCc3c(C)noc3C)cc2s1. The Bertz CT molecular complexity index is 925. The number of thiazole rings is 1. The van der Waals surface area contributed by atoms with Gasteiger partial charge in [0.15, 0.2) is 5.13 Å². The fraction of sp³-hybridized carbons (Fsp3) is 0.294. The summed E-state index contributed by atoms with van der Waals surface area (Å²) in [5, 5.41) is 9.99. The number of aromatic nitrogens is 2. The summed E-state index contributed by atoms with van der Waals surface area (Å²) >= 11 is 1.37. The molecule has 0 aliphatic carbocycles. The highest BCUT2D eigenvalue weighted by atomic mass is 32.1. The topological polar surface area (TPSA) is 97.1 Å². The monoisotopic (exact) mass is 358 g/mol. The molecule has 3 rings (SSSR count). The van der Waals surface area contributed by atoms with Crippen LogP contribution < -0.4 is 10.6 Å². The highest BCUT2D eigenvalue weighted by Crippen LogP contribution is 2.28. The van der Waals surface area contributed by atoms with Crippen LogP contribution in [-0.4, -0.2) is 22.0 Å². The van der Waals surface area contributed by atoms with Gasteiger partial charge in [-0.25, -0.2) is 4.98 Å². The summed E-state index contributed by atoms with van der Waals surface area (Å²) in [6.45, 7) is 5.16. The second-order valence-corrected chi connectivity index (χ2v) is 6.76. The minimum Gasteiger partial charge on any atom is -0.361 e. The third kappa shape index (κ3) is 4.03. The van der Waals surface area contributed by atoms with Crippen LogP contribution in [0.5, 0.6) is 0 Å². The van der Waals surface area contributed by atoms with Crippen LogP contribution in [-0.2, 0) is 16.0 Å². The van der Waals surface area contributed by atoms with E-state index < -0.39 is 0 Å². The van der Waals surface area contributed by atoms with Gasteiger partial charge in [-0.05, 0) is 38.5 Å². The minimum atomic E-state index is -0.160. The predicted octanol–water partition coefficient (Wildman–Crippen LogP) is 3.43. The standard InChI is InChI=1S/C17H18N4O3S/c1-9-13(10(2)24-21-9)5-7-16(23)19-12-4-6-14-15(8-12)25-17(20-14)18-11(3)22/h4,6,8H,5,7H2,1-3H3,(H,19,23)(H,18,20,22). The summed E-state index contributed by atoms with van der Waals surface area (Å²) < 4.78 is 6.00. The van der Waals surface area contributed by atoms with Crippen molar-refractivity contribution in [2.24, 2.45) is 0 Å². The molecule has 3 aromatic rings. The van der Waals surface area contributed by atoms with Crippen molar-refractivity contribution >= 4 is 44.2 Å². The molecule has 0 saturated heterocycles. The normalized spacial score (nSPS) is 10.8. The number of hydrogen-bond donors (Lipinski definition) is 2. The maximum absolute atomic E-state index is 12.2. The summed E-state index contributed by atoms with van der Waals surface area (Å²) in [5.74, 6) is 0.514. The zero-order valence-electron chi connectivity index (χ0n) is 14.2. The summed E-state index contributed by atoms with van der Waals surface area (Å²) in [6.07, 6.45) is 0.934. The zero-order chi connectivity index (χ0) is 18.0. The lowest BCUT2D eigenvalue weighted by molar-refractivity contribution is -0.116. The number of benzene rings is 1. The summed E-state index contributed by atoms with van der Waals surface area (Å²) in [4.78, 5) is 27.6. The first kappa shape index (κ1) is 17.1. The van der Waals surface area contributed by atoms with Crippen molar-refractivity contribution in [2.75, 3.05) is 10.6 Å². The van der Waals surface area contributed by atoms with E-state index in [1.807, 2.05) is 26.0 Å². The lowest BCUT2D eigenvalue weighted by Crippen LogP contribution is -2.12. The van der Waals surface area contributed by atoms with Crippen molar-refractivity contribution in [1.82, 2.24) is 10.1 Å². The van der Waals surface area contributed by atoms with Crippen molar-refractivity contribution in [3.63, 3.8) is 0 Å². The van der Waals surface area contributed by atoms with Gasteiger partial charge < -0.3 is 15.2 Å². The molecule has 0 saturated carbocycles. The van der Waals surface area contributed by atoms with E-state index in [4.69, 9.17) is 4.52 Å². The van der Waals surface area contributed by atoms with E-state index in [9.17, 15) is 9.59 Å². The molecule has 0 bridgehead atoms. The Kier molecular flexibility index (Phi) is 4.80. The van der Waals surface area contributed by atoms with Crippen molar-refractivity contribution in [3.05, 3.63) is 35.2 Å². The molecule has 0 spiro atoms. The summed E-state index contributed by atoms with van der Waals surface area (Å²) in [5.41, 5.74) is 3.28. The molecule has 2 N–H and O–H groups in total. The van der Waals surface area contributed by atoms with Gasteiger partial charge in [-0.1, -0.05) is 16.5 Å². The van der Waals surface area contributed by atoms with Crippen LogP contribution in [0, 0.1) is 13.8 Å². The molecule has 0 atom stereocenters. The van der Waals surface area contributed by atoms with Crippen LogP contribution in [0.3, 0.4) is 0 Å². The molecular formula is C17H18N4O3S. The number of nitrogens with one attached hydrogen (secondary N) is 2. The summed E-state index contributed by atoms with van der Waals surface area (Å²) in [7, 11) is 0. The Morgan fingerprint density at radius 2 is 2.04 bits per heavy atom. The van der Waals surface area contributed by atoms with Crippen molar-refractivity contribution in [1.29, 1.82) is 0 Å². The van der Waals surface area contributed by atoms with Crippen LogP contribution in [0.25, 0.3) is 10.2 Å². The van der Waals surface area contributed by atoms with Crippen LogP contribution in [0.1, 0.15) is 30.4 Å². The van der Waals surface area contributed by atoms with Gasteiger partial charge in [0.25, 0.3) is 0 Å². The lowest BCUT2D eigenvalue weighted by atomic mass is 10.1. The number of hydrogen-bond acceptors (Lipinski definition) is 6. The molecular weight excluding hydrogens is 340 g/mol. The number of fused-ring (bicyclic) bond motifs is 1. The predicted molar refractivity (Wildman–Crippen MR) is 96.9 cm³/mol. The highest BCUT2D eigenvalue weighted by Gasteiger charge is 2.12. The number of carbonyl (C=O) groups is 2. The largest absolute Gasteiger partial charge is 0.361 e. The maximum atomic E-state index is 12.2. The van der Waals surface area contributed by atoms with Gasteiger partial charge >= 0.3 is 0 Å². The smallest absolute Gasteiger partial charge is 0.224 e. The fourth-order valence-corrected chi connectivity index (χ4v) is 3.48. The van der Waals surface area contributed by atoms with E-state index in [0.717, 1.165) is 27.2 Å². The van der Waals surface area contributed by atoms with Gasteiger partial charge in [0.2, 0.25) is 11.8 Å². The first-order chi connectivity index (χ1) is 11.9. The molecule has 2 heterocycles. The van der Waals surface area contributed by atoms with Crippen molar-refractivity contribution < 1.29 is 14.1 Å². The third-order valence-corrected chi connectivity index (χ3v) is 4.67. The average Bonchev–Trinajstić information content (AvgIpc) is 3.07. The molecule has 1 aromatic carbocycles. The Morgan fingerprint density at radius 1 is 1.24 bits per heavy atom. The number of carbonyl (C=O) groups excluding carboxylic acids is 2. The number of rotatable bonds is 5. The molecule has 2 amide bonds. The molecule has 7 nitrogen and oxygen atoms in total. The molecule has 0 fully saturated rings. The van der Waals surface area contributed by atoms with E-state index in [0.29, 0.717) is 23.7 Å². The van der Waals surface area contributed by atoms with E-state index in [2.05, 4.69) is 20.8 Å². The van der Waals surface area contributed by atoms with Crippen LogP contribution in [0.4, 0.5) is 10.8 Å². The number of amides is 2. The van der Waals surface area contributed by atoms with E-state index in [-0.39, 0.29) is 11.8 Å². The third-order valence-electron chi connectivity index (χ3n) is 3.74. The van der Waals surface area contributed by atoms with Crippen LogP contribution in [0.15, 0.2) is 22.7 Å². The lowest BCUT2D eigenvalue weighted by Gasteiger charge is -2.05. The Labute approximate surface area is 148 Å². The van der Waals surface area contributed by atoms with Gasteiger partial charge in [0, 0.05) is 24.6 Å². The number of anilines is 2. The van der Waals surface area contributed by atoms with E-state index in [1.54, 1.807) is 6.07 Å². The number of nitrogens with zero attached hydrogens (tertiary/aromatic N) is 2. The Hall–Kier alpha value is -2.74. The molecule has 0 aliphatic rings. The van der Waals surface area contributed by atoms with Gasteiger partial charge in [-0.15, -0.1) is 0 Å². The van der Waals surface area contributed by atoms with Gasteiger partial charge in [0.1, 0.15) is 5.76 Å². The van der Waals surface area contributed by atoms with E-state index in [1.165, 1.54) is 18.3 Å². The Morgan fingerprint density at radius 3 is 2.72 bits per heavy atom. The summed E-state index contributed by atoms with van der Waals surface area (Å²) in [6, 6.07) is 5.47. The molecule has 130 valence electrons. The first-order valence-electron chi connectivity index (χ1n) is 7.82. The van der Waals surface area contributed by atoms with Crippen LogP contribution in [0.2, 0.25) is 0 Å². The Balaban J connectivity index is 1.65. The number of aryl methyl sites for hydroxylation is 2. The molecule has 0 aliphatic heterocycles. The highest BCUT2D eigenvalue weighted by molar-refractivity contribution is 7.22. The molecule has 0 unspecified atom stereocenters. The van der Waals surface area contributed by atoms with Gasteiger partial charge in [0.05, 0.1) is 15.9 Å². The average molecular weight is 358 g/mol. The second kappa shape index (κ2) is 7.02. The molecule has 2 aromatic heterocycles. The maximum Gasteiger partial charge on any atom is 0.224 e. The molecule has 8 heteroatoms. The second-order valence-electron chi connectivity index (χ2n) is 5.73. The zero-order valence-corrected chi connectivity index (χ0v) is 15.0. The van der Waals surface area contributed by atoms with Gasteiger partial charge in [-0.2, -0.15) is 0 Å². The van der Waals surface area contributed by atoms with E-state index >= 15 is 0 Å². The van der Waals surface area contributed by atoms with Crippen LogP contribution >= 0.6 is 11.3 Å². The van der Waals surface area contributed by atoms with Gasteiger partial charge in [-0.3, -0.25) is 9.59 Å². The van der Waals surface area contributed by atoms with Crippen molar-refractivity contribution in [3.8, 4) is 0 Å².